The molecule has 1 N–H and O–H groups in total. The second-order valence-electron chi connectivity index (χ2n) is 3.20. The van der Waals surface area contributed by atoms with Gasteiger partial charge in [-0.25, -0.2) is 0 Å². The fourth-order valence-electron chi connectivity index (χ4n) is 1.30. The molecule has 0 aromatic heterocycles. The Hall–Kier alpha value is -0.530. The van der Waals surface area contributed by atoms with Crippen LogP contribution in [0.25, 0.3) is 0 Å². The van der Waals surface area contributed by atoms with Crippen molar-refractivity contribution in [1.29, 1.82) is 0 Å². The maximum atomic E-state index is 6.06. The van der Waals surface area contributed by atoms with E-state index in [-0.39, 0.29) is 0 Å². The molecule has 0 saturated carbocycles. The zero-order chi connectivity index (χ0) is 9.68. The molecule has 72 valence electrons. The molecule has 0 heterocycles. The first kappa shape index (κ1) is 10.6. The lowest BCUT2D eigenvalue weighted by Crippen LogP contribution is -2.19. The molecule has 2 heteroatoms. The zero-order valence-corrected chi connectivity index (χ0v) is 8.93. The lowest BCUT2D eigenvalue weighted by molar-refractivity contribution is 0.571. The van der Waals surface area contributed by atoms with Gasteiger partial charge in [0, 0.05) is 11.1 Å². The Labute approximate surface area is 85.1 Å². The van der Waals surface area contributed by atoms with Gasteiger partial charge in [0.25, 0.3) is 0 Å². The predicted molar refractivity (Wildman–Crippen MR) is 58.2 cm³/mol. The number of rotatable bonds is 4. The summed E-state index contributed by atoms with van der Waals surface area (Å²) >= 11 is 6.06. The standard InChI is InChI=1S/C11H16ClN/c1-3-8-13-9(2)10-6-4-5-7-11(10)12/h4-7,9,13H,3,8H2,1-2H3. The molecular weight excluding hydrogens is 182 g/mol. The van der Waals surface area contributed by atoms with Crippen molar-refractivity contribution in [3.8, 4) is 0 Å². The zero-order valence-electron chi connectivity index (χ0n) is 8.18. The lowest BCUT2D eigenvalue weighted by atomic mass is 10.1. The van der Waals surface area contributed by atoms with Crippen LogP contribution >= 0.6 is 11.6 Å². The number of halogens is 1. The van der Waals surface area contributed by atoms with Gasteiger partial charge in [0.05, 0.1) is 0 Å². The van der Waals surface area contributed by atoms with E-state index < -0.39 is 0 Å². The molecule has 0 aliphatic heterocycles. The third-order valence-electron chi connectivity index (χ3n) is 2.07. The van der Waals surface area contributed by atoms with Gasteiger partial charge in [-0.3, -0.25) is 0 Å². The van der Waals surface area contributed by atoms with Crippen LogP contribution in [-0.4, -0.2) is 6.54 Å². The molecule has 1 rings (SSSR count). The van der Waals surface area contributed by atoms with E-state index in [1.807, 2.05) is 18.2 Å². The van der Waals surface area contributed by atoms with E-state index in [9.17, 15) is 0 Å². The van der Waals surface area contributed by atoms with Crippen molar-refractivity contribution in [2.75, 3.05) is 6.54 Å². The molecule has 0 aliphatic carbocycles. The van der Waals surface area contributed by atoms with Gasteiger partial charge in [-0.05, 0) is 31.5 Å². The van der Waals surface area contributed by atoms with Crippen LogP contribution in [0.15, 0.2) is 24.3 Å². The molecule has 0 saturated heterocycles. The summed E-state index contributed by atoms with van der Waals surface area (Å²) in [5.74, 6) is 0. The van der Waals surface area contributed by atoms with Gasteiger partial charge < -0.3 is 5.32 Å². The van der Waals surface area contributed by atoms with Crippen LogP contribution in [0.3, 0.4) is 0 Å². The molecule has 13 heavy (non-hydrogen) atoms. The highest BCUT2D eigenvalue weighted by molar-refractivity contribution is 6.31. The average Bonchev–Trinajstić information content (AvgIpc) is 2.15. The molecule has 1 aromatic rings. The number of hydrogen-bond acceptors (Lipinski definition) is 1. The topological polar surface area (TPSA) is 12.0 Å². The van der Waals surface area contributed by atoms with E-state index in [0.717, 1.165) is 18.0 Å². The maximum absolute atomic E-state index is 6.06. The number of hydrogen-bond donors (Lipinski definition) is 1. The first-order chi connectivity index (χ1) is 6.25. The van der Waals surface area contributed by atoms with E-state index >= 15 is 0 Å². The number of benzene rings is 1. The summed E-state index contributed by atoms with van der Waals surface area (Å²) in [6.07, 6.45) is 1.15. The maximum Gasteiger partial charge on any atom is 0.0453 e. The monoisotopic (exact) mass is 197 g/mol. The summed E-state index contributed by atoms with van der Waals surface area (Å²) in [5.41, 5.74) is 1.18. The predicted octanol–water partition coefficient (Wildman–Crippen LogP) is 3.40. The molecule has 0 fully saturated rings. The molecule has 1 atom stereocenters. The molecule has 1 unspecified atom stereocenters. The first-order valence-corrected chi connectivity index (χ1v) is 5.11. The van der Waals surface area contributed by atoms with Crippen molar-refractivity contribution in [2.24, 2.45) is 0 Å². The summed E-state index contributed by atoms with van der Waals surface area (Å²) in [6, 6.07) is 8.31. The Balaban J connectivity index is 2.65. The minimum absolute atomic E-state index is 0.341. The van der Waals surface area contributed by atoms with Crippen molar-refractivity contribution in [2.45, 2.75) is 26.3 Å². The molecule has 1 aromatic carbocycles. The Bertz CT molecular complexity index is 260. The largest absolute Gasteiger partial charge is 0.310 e. The van der Waals surface area contributed by atoms with E-state index in [0.29, 0.717) is 6.04 Å². The highest BCUT2D eigenvalue weighted by Crippen LogP contribution is 2.21. The van der Waals surface area contributed by atoms with Gasteiger partial charge in [0.1, 0.15) is 0 Å². The first-order valence-electron chi connectivity index (χ1n) is 4.73. The third kappa shape index (κ3) is 3.02. The Morgan fingerprint density at radius 3 is 2.69 bits per heavy atom. The summed E-state index contributed by atoms with van der Waals surface area (Å²) in [7, 11) is 0. The summed E-state index contributed by atoms with van der Waals surface area (Å²) in [6.45, 7) is 5.33. The minimum Gasteiger partial charge on any atom is -0.310 e. The van der Waals surface area contributed by atoms with Gasteiger partial charge in [-0.2, -0.15) is 0 Å². The third-order valence-corrected chi connectivity index (χ3v) is 2.42. The normalized spacial score (nSPS) is 12.8. The summed E-state index contributed by atoms with van der Waals surface area (Å²) in [4.78, 5) is 0. The summed E-state index contributed by atoms with van der Waals surface area (Å²) < 4.78 is 0. The van der Waals surface area contributed by atoms with Crippen molar-refractivity contribution < 1.29 is 0 Å². The quantitative estimate of drug-likeness (QED) is 0.780. The molecular formula is C11H16ClN. The summed E-state index contributed by atoms with van der Waals surface area (Å²) in [5, 5.41) is 4.25. The smallest absolute Gasteiger partial charge is 0.0453 e. The molecule has 1 nitrogen and oxygen atoms in total. The second kappa shape index (κ2) is 5.25. The van der Waals surface area contributed by atoms with Crippen molar-refractivity contribution in [1.82, 2.24) is 5.32 Å². The fraction of sp³-hybridized carbons (Fsp3) is 0.455. The van der Waals surface area contributed by atoms with E-state index in [1.54, 1.807) is 0 Å². The number of nitrogens with one attached hydrogen (secondary N) is 1. The van der Waals surface area contributed by atoms with Crippen LogP contribution in [0.5, 0.6) is 0 Å². The van der Waals surface area contributed by atoms with Gasteiger partial charge in [0.15, 0.2) is 0 Å². The molecule has 0 aliphatic rings. The van der Waals surface area contributed by atoms with Crippen LogP contribution in [0.2, 0.25) is 5.02 Å². The van der Waals surface area contributed by atoms with E-state index in [4.69, 9.17) is 11.6 Å². The fourth-order valence-corrected chi connectivity index (χ4v) is 1.60. The van der Waals surface area contributed by atoms with Crippen molar-refractivity contribution in [3.05, 3.63) is 34.9 Å². The highest BCUT2D eigenvalue weighted by atomic mass is 35.5. The average molecular weight is 198 g/mol. The molecule has 0 bridgehead atoms. The van der Waals surface area contributed by atoms with Gasteiger partial charge in [0.2, 0.25) is 0 Å². The second-order valence-corrected chi connectivity index (χ2v) is 3.60. The van der Waals surface area contributed by atoms with Crippen molar-refractivity contribution >= 4 is 11.6 Å². The highest BCUT2D eigenvalue weighted by Gasteiger charge is 2.06. The Morgan fingerprint density at radius 1 is 1.38 bits per heavy atom. The van der Waals surface area contributed by atoms with Crippen LogP contribution in [0.1, 0.15) is 31.9 Å². The Kier molecular flexibility index (Phi) is 4.26. The molecule has 0 amide bonds. The molecule has 0 radical (unpaired) electrons. The Morgan fingerprint density at radius 2 is 2.08 bits per heavy atom. The molecule has 0 spiro atoms. The van der Waals surface area contributed by atoms with Crippen LogP contribution in [0.4, 0.5) is 0 Å². The SMILES string of the molecule is CCCNC(C)c1ccccc1Cl. The van der Waals surface area contributed by atoms with E-state index in [2.05, 4.69) is 25.2 Å². The van der Waals surface area contributed by atoms with E-state index in [1.165, 1.54) is 5.56 Å². The van der Waals surface area contributed by atoms with Crippen molar-refractivity contribution in [3.63, 3.8) is 0 Å². The minimum atomic E-state index is 0.341. The van der Waals surface area contributed by atoms with Gasteiger partial charge >= 0.3 is 0 Å². The van der Waals surface area contributed by atoms with Crippen LogP contribution in [0, 0.1) is 0 Å². The van der Waals surface area contributed by atoms with Crippen LogP contribution in [-0.2, 0) is 0 Å². The van der Waals surface area contributed by atoms with Gasteiger partial charge in [-0.1, -0.05) is 36.7 Å². The van der Waals surface area contributed by atoms with Gasteiger partial charge in [-0.15, -0.1) is 0 Å². The van der Waals surface area contributed by atoms with Crippen LogP contribution < -0.4 is 5.32 Å². The lowest BCUT2D eigenvalue weighted by Gasteiger charge is -2.14.